The summed E-state index contributed by atoms with van der Waals surface area (Å²) >= 11 is 0. The van der Waals surface area contributed by atoms with Gasteiger partial charge in [-0.15, -0.1) is 0 Å². The predicted octanol–water partition coefficient (Wildman–Crippen LogP) is 2.62. The molecule has 0 spiro atoms. The quantitative estimate of drug-likeness (QED) is 0.547. The summed E-state index contributed by atoms with van der Waals surface area (Å²) in [4.78, 5) is 15.0. The smallest absolute Gasteiger partial charge is 0.236 e. The van der Waals surface area contributed by atoms with Crippen LogP contribution in [0, 0.1) is 6.92 Å². The van der Waals surface area contributed by atoms with Gasteiger partial charge in [-0.05, 0) is 30.2 Å². The Labute approximate surface area is 194 Å². The van der Waals surface area contributed by atoms with Crippen LogP contribution in [0.5, 0.6) is 0 Å². The minimum absolute atomic E-state index is 0.142. The lowest BCUT2D eigenvalue weighted by molar-refractivity contribution is 0.179. The van der Waals surface area contributed by atoms with Crippen molar-refractivity contribution in [2.75, 3.05) is 37.2 Å². The molecule has 3 aromatic rings. The molecule has 4 rings (SSSR count). The molecule has 0 atom stereocenters. The van der Waals surface area contributed by atoms with E-state index in [9.17, 15) is 8.42 Å². The summed E-state index contributed by atoms with van der Waals surface area (Å²) in [6.45, 7) is 4.40. The highest BCUT2D eigenvalue weighted by Crippen LogP contribution is 2.18. The Morgan fingerprint density at radius 1 is 0.970 bits per heavy atom. The molecule has 0 unspecified atom stereocenters. The molecule has 2 aromatic carbocycles. The molecule has 0 saturated carbocycles. The van der Waals surface area contributed by atoms with E-state index >= 15 is 0 Å². The zero-order valence-corrected chi connectivity index (χ0v) is 19.2. The van der Waals surface area contributed by atoms with Crippen molar-refractivity contribution in [1.82, 2.24) is 24.2 Å². The van der Waals surface area contributed by atoms with Crippen molar-refractivity contribution in [2.45, 2.75) is 13.5 Å². The van der Waals surface area contributed by atoms with Crippen LogP contribution in [0.25, 0.3) is 6.08 Å². The second-order valence-corrected chi connectivity index (χ2v) is 9.63. The van der Waals surface area contributed by atoms with Crippen molar-refractivity contribution in [1.29, 1.82) is 0 Å². The summed E-state index contributed by atoms with van der Waals surface area (Å²) in [6.07, 6.45) is 1.62. The number of sulfonamides is 1. The lowest BCUT2D eigenvalue weighted by atomic mass is 10.2. The Morgan fingerprint density at radius 2 is 1.67 bits per heavy atom. The third-order valence-electron chi connectivity index (χ3n) is 5.38. The number of nitrogens with two attached hydrogens (primary N) is 1. The normalized spacial score (nSPS) is 15.7. The molecule has 172 valence electrons. The third kappa shape index (κ3) is 6.13. The molecule has 0 aliphatic carbocycles. The number of aromatic nitrogens is 3. The van der Waals surface area contributed by atoms with Gasteiger partial charge in [0.25, 0.3) is 0 Å². The van der Waals surface area contributed by atoms with Crippen LogP contribution < -0.4 is 11.1 Å². The van der Waals surface area contributed by atoms with Gasteiger partial charge in [0, 0.05) is 37.3 Å². The summed E-state index contributed by atoms with van der Waals surface area (Å²) in [5, 5.41) is 4.46. The number of nitrogens with one attached hydrogen (secondary N) is 1. The van der Waals surface area contributed by atoms with E-state index in [0.717, 1.165) is 16.8 Å². The van der Waals surface area contributed by atoms with Gasteiger partial charge in [-0.2, -0.15) is 19.3 Å². The van der Waals surface area contributed by atoms with Crippen LogP contribution in [-0.2, 0) is 16.6 Å². The number of rotatable bonds is 7. The SMILES string of the molecule is Cc1ccccc1Nc1nc(N)nc(CN2CCN(S(=O)(=O)/C=C/c3ccccc3)CC2)n1. The molecule has 0 radical (unpaired) electrons. The van der Waals surface area contributed by atoms with Crippen LogP contribution in [0.4, 0.5) is 17.6 Å². The number of nitrogens with zero attached hydrogens (tertiary/aromatic N) is 5. The van der Waals surface area contributed by atoms with E-state index in [1.807, 2.05) is 61.5 Å². The molecule has 1 aliphatic heterocycles. The number of para-hydroxylation sites is 1. The van der Waals surface area contributed by atoms with Crippen molar-refractivity contribution in [3.63, 3.8) is 0 Å². The standard InChI is InChI=1S/C23H27N7O2S/c1-18-7-5-6-10-20(18)25-23-27-21(26-22(24)28-23)17-29-12-14-30(15-13-29)33(31,32)16-11-19-8-3-2-4-9-19/h2-11,16H,12-15,17H2,1H3,(H3,24,25,26,27,28)/b16-11+. The van der Waals surface area contributed by atoms with Gasteiger partial charge < -0.3 is 11.1 Å². The zero-order valence-electron chi connectivity index (χ0n) is 18.4. The largest absolute Gasteiger partial charge is 0.368 e. The van der Waals surface area contributed by atoms with Crippen molar-refractivity contribution in [3.8, 4) is 0 Å². The van der Waals surface area contributed by atoms with Gasteiger partial charge in [0.2, 0.25) is 21.9 Å². The van der Waals surface area contributed by atoms with E-state index in [2.05, 4.69) is 25.2 Å². The fraction of sp³-hybridized carbons (Fsp3) is 0.261. The number of hydrogen-bond acceptors (Lipinski definition) is 8. The summed E-state index contributed by atoms with van der Waals surface area (Å²) in [5.74, 6) is 1.07. The van der Waals surface area contributed by atoms with Gasteiger partial charge >= 0.3 is 0 Å². The summed E-state index contributed by atoms with van der Waals surface area (Å²) in [6, 6.07) is 17.2. The first-order valence-corrected chi connectivity index (χ1v) is 12.2. The van der Waals surface area contributed by atoms with E-state index < -0.39 is 10.0 Å². The van der Waals surface area contributed by atoms with E-state index in [1.165, 1.54) is 9.71 Å². The molecule has 1 aromatic heterocycles. The summed E-state index contributed by atoms with van der Waals surface area (Å²) < 4.78 is 26.9. The average molecular weight is 466 g/mol. The topological polar surface area (TPSA) is 117 Å². The number of anilines is 3. The number of aryl methyl sites for hydroxylation is 1. The maximum absolute atomic E-state index is 12.7. The van der Waals surface area contributed by atoms with Crippen LogP contribution in [0.2, 0.25) is 0 Å². The van der Waals surface area contributed by atoms with Crippen molar-refractivity contribution >= 4 is 33.7 Å². The first-order chi connectivity index (χ1) is 15.9. The highest BCUT2D eigenvalue weighted by molar-refractivity contribution is 7.92. The second kappa shape index (κ2) is 10.1. The Hall–Kier alpha value is -3.34. The van der Waals surface area contributed by atoms with E-state index in [4.69, 9.17) is 5.73 Å². The molecular weight excluding hydrogens is 438 g/mol. The first-order valence-electron chi connectivity index (χ1n) is 10.7. The highest BCUT2D eigenvalue weighted by Gasteiger charge is 2.25. The average Bonchev–Trinajstić information content (AvgIpc) is 2.80. The minimum atomic E-state index is -3.48. The lowest BCUT2D eigenvalue weighted by Crippen LogP contribution is -2.47. The third-order valence-corrected chi connectivity index (χ3v) is 6.94. The van der Waals surface area contributed by atoms with Gasteiger partial charge in [-0.1, -0.05) is 48.5 Å². The van der Waals surface area contributed by atoms with E-state index in [0.29, 0.717) is 44.5 Å². The van der Waals surface area contributed by atoms with Crippen LogP contribution in [0.15, 0.2) is 60.0 Å². The molecule has 10 heteroatoms. The molecule has 33 heavy (non-hydrogen) atoms. The minimum Gasteiger partial charge on any atom is -0.368 e. The Morgan fingerprint density at radius 3 is 2.39 bits per heavy atom. The monoisotopic (exact) mass is 465 g/mol. The lowest BCUT2D eigenvalue weighted by Gasteiger charge is -2.32. The van der Waals surface area contributed by atoms with Gasteiger partial charge in [0.05, 0.1) is 6.54 Å². The van der Waals surface area contributed by atoms with Crippen LogP contribution in [-0.4, -0.2) is 58.8 Å². The number of hydrogen-bond donors (Lipinski definition) is 2. The van der Waals surface area contributed by atoms with Crippen molar-refractivity contribution in [2.24, 2.45) is 0 Å². The maximum Gasteiger partial charge on any atom is 0.236 e. The molecule has 2 heterocycles. The molecule has 9 nitrogen and oxygen atoms in total. The Bertz CT molecular complexity index is 1220. The number of benzene rings is 2. The van der Waals surface area contributed by atoms with Gasteiger partial charge in [0.1, 0.15) is 5.82 Å². The maximum atomic E-state index is 12.7. The van der Waals surface area contributed by atoms with Crippen molar-refractivity contribution in [3.05, 3.63) is 77.0 Å². The molecule has 1 aliphatic rings. The van der Waals surface area contributed by atoms with E-state index in [-0.39, 0.29) is 5.95 Å². The molecule has 1 fully saturated rings. The second-order valence-electron chi connectivity index (χ2n) is 7.81. The molecule has 0 amide bonds. The van der Waals surface area contributed by atoms with Gasteiger partial charge in [-0.25, -0.2) is 8.42 Å². The van der Waals surface area contributed by atoms with E-state index in [1.54, 1.807) is 6.08 Å². The molecule has 3 N–H and O–H groups in total. The predicted molar refractivity (Wildman–Crippen MR) is 130 cm³/mol. The number of piperazine rings is 1. The molecule has 0 bridgehead atoms. The van der Waals surface area contributed by atoms with Crippen LogP contribution in [0.1, 0.15) is 17.0 Å². The fourth-order valence-electron chi connectivity index (χ4n) is 3.56. The van der Waals surface area contributed by atoms with Gasteiger partial charge in [-0.3, -0.25) is 4.90 Å². The molecular formula is C23H27N7O2S. The zero-order chi connectivity index (χ0) is 23.3. The summed E-state index contributed by atoms with van der Waals surface area (Å²) in [7, 11) is -3.48. The first kappa shape index (κ1) is 22.8. The van der Waals surface area contributed by atoms with Crippen LogP contribution in [0.3, 0.4) is 0 Å². The summed E-state index contributed by atoms with van der Waals surface area (Å²) in [5.41, 5.74) is 8.72. The highest BCUT2D eigenvalue weighted by atomic mass is 32.2. The van der Waals surface area contributed by atoms with Crippen molar-refractivity contribution < 1.29 is 8.42 Å². The Kier molecular flexibility index (Phi) is 6.97. The van der Waals surface area contributed by atoms with Crippen LogP contribution >= 0.6 is 0 Å². The Balaban J connectivity index is 1.36. The fourth-order valence-corrected chi connectivity index (χ4v) is 4.73. The molecule has 1 saturated heterocycles. The van der Waals surface area contributed by atoms with Gasteiger partial charge in [0.15, 0.2) is 0 Å². The number of nitrogen functional groups attached to an aromatic ring is 1.